The topological polar surface area (TPSA) is 85.8 Å². The predicted octanol–water partition coefficient (Wildman–Crippen LogP) is 7.34. The van der Waals surface area contributed by atoms with E-state index >= 15 is 0 Å². The summed E-state index contributed by atoms with van der Waals surface area (Å²) in [6.07, 6.45) is 1.56. The Bertz CT molecular complexity index is 1500. The zero-order chi connectivity index (χ0) is 24.4. The predicted molar refractivity (Wildman–Crippen MR) is 141 cm³/mol. The molecule has 3 aromatic heterocycles. The van der Waals surface area contributed by atoms with Crippen LogP contribution in [0, 0.1) is 0 Å². The van der Waals surface area contributed by atoms with Gasteiger partial charge >= 0.3 is 0 Å². The van der Waals surface area contributed by atoms with Crippen LogP contribution < -0.4 is 5.32 Å². The molecule has 1 amide bonds. The maximum absolute atomic E-state index is 12.7. The molecule has 0 radical (unpaired) electrons. The molecule has 0 aliphatic heterocycles. The van der Waals surface area contributed by atoms with Crippen LogP contribution in [0.15, 0.2) is 75.8 Å². The van der Waals surface area contributed by atoms with Crippen molar-refractivity contribution in [3.8, 4) is 28.5 Å². The molecule has 0 atom stereocenters. The molecule has 0 saturated heterocycles. The van der Waals surface area contributed by atoms with E-state index in [-0.39, 0.29) is 11.7 Å². The fourth-order valence-electron chi connectivity index (χ4n) is 3.18. The first kappa shape index (κ1) is 23.9. The van der Waals surface area contributed by atoms with Crippen LogP contribution in [0.3, 0.4) is 0 Å². The quantitative estimate of drug-likeness (QED) is 0.209. The molecule has 3 heterocycles. The lowest BCUT2D eigenvalue weighted by Crippen LogP contribution is -2.14. The normalized spacial score (nSPS) is 11.1. The van der Waals surface area contributed by atoms with E-state index in [9.17, 15) is 4.79 Å². The van der Waals surface area contributed by atoms with Crippen LogP contribution in [0.4, 0.5) is 5.13 Å². The van der Waals surface area contributed by atoms with E-state index in [1.165, 1.54) is 23.1 Å². The first-order valence-electron chi connectivity index (χ1n) is 10.1. The smallest absolute Gasteiger partial charge is 0.236 e. The zero-order valence-electron chi connectivity index (χ0n) is 17.6. The molecule has 0 aliphatic rings. The second-order valence-corrected chi connectivity index (χ2v) is 10.1. The third-order valence-electron chi connectivity index (χ3n) is 4.77. The molecule has 0 unspecified atom stereocenters. The van der Waals surface area contributed by atoms with Gasteiger partial charge in [-0.3, -0.25) is 9.36 Å². The second kappa shape index (κ2) is 10.4. The summed E-state index contributed by atoms with van der Waals surface area (Å²) in [6, 6.07) is 16.1. The molecule has 5 aromatic rings. The number of para-hydroxylation sites is 1. The Morgan fingerprint density at radius 3 is 2.66 bits per heavy atom. The number of anilines is 1. The van der Waals surface area contributed by atoms with E-state index in [2.05, 4.69) is 20.5 Å². The van der Waals surface area contributed by atoms with Gasteiger partial charge in [0.15, 0.2) is 16.0 Å². The number of carbonyl (C=O) groups is 1. The van der Waals surface area contributed by atoms with E-state index in [0.717, 1.165) is 5.56 Å². The van der Waals surface area contributed by atoms with Crippen LogP contribution in [0.1, 0.15) is 0 Å². The number of carbonyl (C=O) groups excluding carboxylic acids is 1. The minimum Gasteiger partial charge on any atom is -0.461 e. The number of halogens is 3. The van der Waals surface area contributed by atoms with Gasteiger partial charge < -0.3 is 9.73 Å². The van der Waals surface area contributed by atoms with Crippen molar-refractivity contribution in [1.29, 1.82) is 0 Å². The summed E-state index contributed by atoms with van der Waals surface area (Å²) >= 11 is 21.1. The molecule has 35 heavy (non-hydrogen) atoms. The lowest BCUT2D eigenvalue weighted by Gasteiger charge is -2.10. The Morgan fingerprint density at radius 1 is 1.03 bits per heavy atom. The highest BCUT2D eigenvalue weighted by atomic mass is 35.5. The largest absolute Gasteiger partial charge is 0.461 e. The van der Waals surface area contributed by atoms with Gasteiger partial charge in [-0.05, 0) is 36.4 Å². The lowest BCUT2D eigenvalue weighted by atomic mass is 10.2. The first-order chi connectivity index (χ1) is 17.0. The standard InChI is InChI=1S/C23H14Cl3N5O2S2/c24-14-8-7-13(10-16(14)26)17-11-34-22(27-17)28-20(32)12-35-23-30-29-21(19-6-3-9-33-19)31(23)18-5-2-1-4-15(18)25/h1-11H,12H2,(H,27,28,32). The number of benzene rings is 2. The number of thioether (sulfide) groups is 1. The van der Waals surface area contributed by atoms with Crippen molar-refractivity contribution in [3.63, 3.8) is 0 Å². The Labute approximate surface area is 223 Å². The molecular formula is C23H14Cl3N5O2S2. The summed E-state index contributed by atoms with van der Waals surface area (Å²) < 4.78 is 7.28. The first-order valence-corrected chi connectivity index (χ1v) is 13.1. The minimum absolute atomic E-state index is 0.0857. The van der Waals surface area contributed by atoms with Gasteiger partial charge in [0.25, 0.3) is 0 Å². The van der Waals surface area contributed by atoms with Gasteiger partial charge in [-0.2, -0.15) is 0 Å². The molecule has 1 N–H and O–H groups in total. The van der Waals surface area contributed by atoms with Gasteiger partial charge in [0.2, 0.25) is 11.7 Å². The number of hydrogen-bond acceptors (Lipinski definition) is 7. The van der Waals surface area contributed by atoms with E-state index in [1.807, 2.05) is 29.6 Å². The molecule has 0 spiro atoms. The number of nitrogens with one attached hydrogen (secondary N) is 1. The van der Waals surface area contributed by atoms with E-state index in [0.29, 0.717) is 48.3 Å². The maximum atomic E-state index is 12.7. The van der Waals surface area contributed by atoms with Crippen molar-refractivity contribution in [2.75, 3.05) is 11.1 Å². The highest BCUT2D eigenvalue weighted by molar-refractivity contribution is 7.99. The fraction of sp³-hybridized carbons (Fsp3) is 0.0435. The Balaban J connectivity index is 1.32. The number of nitrogens with zero attached hydrogens (tertiary/aromatic N) is 4. The number of thiazole rings is 1. The van der Waals surface area contributed by atoms with Crippen LogP contribution in [0.25, 0.3) is 28.5 Å². The lowest BCUT2D eigenvalue weighted by molar-refractivity contribution is -0.113. The minimum atomic E-state index is -0.238. The Morgan fingerprint density at radius 2 is 1.89 bits per heavy atom. The number of furan rings is 1. The van der Waals surface area contributed by atoms with Crippen LogP contribution in [0.5, 0.6) is 0 Å². The molecule has 2 aromatic carbocycles. The second-order valence-electron chi connectivity index (χ2n) is 7.07. The number of hydrogen-bond donors (Lipinski definition) is 1. The van der Waals surface area contributed by atoms with Gasteiger partial charge in [0.1, 0.15) is 0 Å². The average Bonchev–Trinajstić information content (AvgIpc) is 3.61. The summed E-state index contributed by atoms with van der Waals surface area (Å²) in [5.41, 5.74) is 2.18. The van der Waals surface area contributed by atoms with Crippen LogP contribution >= 0.6 is 57.9 Å². The summed E-state index contributed by atoms with van der Waals surface area (Å²) in [7, 11) is 0. The van der Waals surface area contributed by atoms with Crippen molar-refractivity contribution in [1.82, 2.24) is 19.7 Å². The van der Waals surface area contributed by atoms with Crippen molar-refractivity contribution in [2.24, 2.45) is 0 Å². The number of amides is 1. The third-order valence-corrected chi connectivity index (χ3v) is 7.51. The number of aromatic nitrogens is 4. The van der Waals surface area contributed by atoms with Gasteiger partial charge in [-0.25, -0.2) is 4.98 Å². The summed E-state index contributed by atoms with van der Waals surface area (Å²) in [5.74, 6) is 0.865. The van der Waals surface area contributed by atoms with Gasteiger partial charge in [0, 0.05) is 10.9 Å². The summed E-state index contributed by atoms with van der Waals surface area (Å²) in [4.78, 5) is 17.1. The van der Waals surface area contributed by atoms with Crippen molar-refractivity contribution in [2.45, 2.75) is 5.16 Å². The van der Waals surface area contributed by atoms with E-state index in [1.54, 1.807) is 41.2 Å². The van der Waals surface area contributed by atoms with Gasteiger partial charge in [-0.15, -0.1) is 21.5 Å². The molecule has 0 fully saturated rings. The maximum Gasteiger partial charge on any atom is 0.236 e. The molecule has 0 saturated carbocycles. The molecule has 0 aliphatic carbocycles. The summed E-state index contributed by atoms with van der Waals surface area (Å²) in [6.45, 7) is 0. The van der Waals surface area contributed by atoms with E-state index in [4.69, 9.17) is 39.2 Å². The molecule has 5 rings (SSSR count). The van der Waals surface area contributed by atoms with Gasteiger partial charge in [-0.1, -0.05) is 64.8 Å². The van der Waals surface area contributed by atoms with Crippen LogP contribution in [-0.2, 0) is 4.79 Å². The fourth-order valence-corrected chi connectivity index (χ4v) is 5.18. The SMILES string of the molecule is O=C(CSc1nnc(-c2ccco2)n1-c1ccccc1Cl)Nc1nc(-c2ccc(Cl)c(Cl)c2)cs1. The third kappa shape index (κ3) is 5.24. The highest BCUT2D eigenvalue weighted by Crippen LogP contribution is 2.33. The molecule has 0 bridgehead atoms. The molecule has 12 heteroatoms. The zero-order valence-corrected chi connectivity index (χ0v) is 21.5. The average molecular weight is 563 g/mol. The van der Waals surface area contributed by atoms with Gasteiger partial charge in [0.05, 0.1) is 38.5 Å². The highest BCUT2D eigenvalue weighted by Gasteiger charge is 2.20. The Hall–Kier alpha value is -2.82. The van der Waals surface area contributed by atoms with E-state index < -0.39 is 0 Å². The van der Waals surface area contributed by atoms with Crippen molar-refractivity contribution in [3.05, 3.63) is 81.3 Å². The molecular weight excluding hydrogens is 549 g/mol. The van der Waals surface area contributed by atoms with Crippen molar-refractivity contribution >= 4 is 68.9 Å². The summed E-state index contributed by atoms with van der Waals surface area (Å²) in [5, 5.41) is 15.6. The number of rotatable bonds is 7. The molecule has 176 valence electrons. The molecule has 7 nitrogen and oxygen atoms in total. The monoisotopic (exact) mass is 561 g/mol. The van der Waals surface area contributed by atoms with Crippen LogP contribution in [0.2, 0.25) is 15.1 Å². The Kier molecular flexibility index (Phi) is 7.12. The van der Waals surface area contributed by atoms with Crippen molar-refractivity contribution < 1.29 is 9.21 Å². The van der Waals surface area contributed by atoms with Crippen LogP contribution in [-0.4, -0.2) is 31.4 Å².